The van der Waals surface area contributed by atoms with Gasteiger partial charge in [0.25, 0.3) is 11.5 Å². The van der Waals surface area contributed by atoms with E-state index in [-0.39, 0.29) is 11.5 Å². The van der Waals surface area contributed by atoms with Crippen LogP contribution in [0.2, 0.25) is 0 Å². The van der Waals surface area contributed by atoms with E-state index in [4.69, 9.17) is 4.74 Å². The third kappa shape index (κ3) is 3.45. The lowest BCUT2D eigenvalue weighted by Crippen LogP contribution is -2.51. The molecular formula is C22H24N4O3S. The number of fused-ring (bicyclic) bond motifs is 2. The third-order valence-corrected chi connectivity index (χ3v) is 6.73. The van der Waals surface area contributed by atoms with Crippen LogP contribution in [-0.2, 0) is 11.3 Å². The van der Waals surface area contributed by atoms with Gasteiger partial charge >= 0.3 is 0 Å². The summed E-state index contributed by atoms with van der Waals surface area (Å²) in [5.74, 6) is 0.746. The molecule has 0 saturated carbocycles. The number of likely N-dealkylation sites (tertiary alicyclic amines) is 1. The lowest BCUT2D eigenvalue weighted by Gasteiger charge is -2.38. The third-order valence-electron chi connectivity index (χ3n) is 5.79. The molecule has 1 amide bonds. The van der Waals surface area contributed by atoms with Crippen LogP contribution in [0.5, 0.6) is 5.75 Å². The van der Waals surface area contributed by atoms with Crippen LogP contribution >= 0.6 is 11.3 Å². The molecule has 2 aliphatic heterocycles. The van der Waals surface area contributed by atoms with Gasteiger partial charge in [-0.3, -0.25) is 14.0 Å². The van der Waals surface area contributed by atoms with E-state index in [1.807, 2.05) is 41.5 Å². The minimum atomic E-state index is -0.549. The van der Waals surface area contributed by atoms with E-state index in [2.05, 4.69) is 9.88 Å². The topological polar surface area (TPSA) is 67.2 Å². The molecule has 7 nitrogen and oxygen atoms in total. The molecule has 0 bridgehead atoms. The standard InChI is InChI=1S/C22H24N4O3S/c1-15-14-30-22-23-16(11-20(27)26(15)22)12-25-13-19(21(28)24-9-5-2-6-10-24)29-18-8-4-3-7-17(18)25/h3-4,7-8,11,14,19H,2,5-6,9-10,12-13H2,1H3/t19-/m1/s1. The number of carbonyl (C=O) groups excluding carboxylic acids is 1. The summed E-state index contributed by atoms with van der Waals surface area (Å²) in [6.07, 6.45) is 2.72. The van der Waals surface area contributed by atoms with Crippen molar-refractivity contribution in [2.45, 2.75) is 38.8 Å². The number of ether oxygens (including phenoxy) is 1. The van der Waals surface area contributed by atoms with E-state index >= 15 is 0 Å². The molecule has 1 fully saturated rings. The predicted octanol–water partition coefficient (Wildman–Crippen LogP) is 2.84. The molecule has 1 saturated heterocycles. The molecule has 8 heteroatoms. The number of aryl methyl sites for hydroxylation is 1. The maximum Gasteiger partial charge on any atom is 0.265 e. The smallest absolute Gasteiger partial charge is 0.265 e. The highest BCUT2D eigenvalue weighted by Crippen LogP contribution is 2.34. The number of amides is 1. The first kappa shape index (κ1) is 19.1. The molecule has 0 radical (unpaired) electrons. The van der Waals surface area contributed by atoms with Gasteiger partial charge in [0.05, 0.1) is 24.5 Å². The van der Waals surface area contributed by atoms with E-state index in [1.54, 1.807) is 10.5 Å². The first-order chi connectivity index (χ1) is 14.6. The second-order valence-electron chi connectivity index (χ2n) is 7.92. The second kappa shape index (κ2) is 7.75. The lowest BCUT2D eigenvalue weighted by atomic mass is 10.1. The number of aromatic nitrogens is 2. The van der Waals surface area contributed by atoms with E-state index in [9.17, 15) is 9.59 Å². The minimum Gasteiger partial charge on any atom is -0.477 e. The van der Waals surface area contributed by atoms with Crippen LogP contribution in [0, 0.1) is 6.92 Å². The van der Waals surface area contributed by atoms with Crippen molar-refractivity contribution in [2.75, 3.05) is 24.5 Å². The summed E-state index contributed by atoms with van der Waals surface area (Å²) >= 11 is 1.46. The van der Waals surface area contributed by atoms with E-state index in [0.29, 0.717) is 29.5 Å². The number of piperidine rings is 1. The van der Waals surface area contributed by atoms with Crippen molar-refractivity contribution < 1.29 is 9.53 Å². The van der Waals surface area contributed by atoms with Gasteiger partial charge in [-0.2, -0.15) is 0 Å². The fourth-order valence-corrected chi connectivity index (χ4v) is 5.17. The first-order valence-electron chi connectivity index (χ1n) is 10.4. The number of rotatable bonds is 3. The number of para-hydroxylation sites is 2. The molecule has 4 heterocycles. The van der Waals surface area contributed by atoms with Crippen molar-refractivity contribution in [3.05, 3.63) is 57.5 Å². The highest BCUT2D eigenvalue weighted by atomic mass is 32.1. The summed E-state index contributed by atoms with van der Waals surface area (Å²) < 4.78 is 7.72. The minimum absolute atomic E-state index is 0.0477. The van der Waals surface area contributed by atoms with Crippen molar-refractivity contribution in [1.29, 1.82) is 0 Å². The molecule has 5 rings (SSSR count). The van der Waals surface area contributed by atoms with Gasteiger partial charge < -0.3 is 14.5 Å². The fourth-order valence-electron chi connectivity index (χ4n) is 4.28. The Bertz CT molecular complexity index is 1150. The fraction of sp³-hybridized carbons (Fsp3) is 0.409. The molecule has 3 aromatic rings. The monoisotopic (exact) mass is 424 g/mol. The number of thiazole rings is 1. The van der Waals surface area contributed by atoms with Crippen LogP contribution in [0.1, 0.15) is 30.7 Å². The van der Waals surface area contributed by atoms with Crippen molar-refractivity contribution in [2.24, 2.45) is 0 Å². The number of carbonyl (C=O) groups is 1. The Labute approximate surface area is 178 Å². The summed E-state index contributed by atoms with van der Waals surface area (Å²) in [4.78, 5) is 35.1. The SMILES string of the molecule is Cc1csc2nc(CN3C[C@H](C(=O)N4CCCCC4)Oc4ccccc43)cc(=O)n12. The Morgan fingerprint density at radius 2 is 2.03 bits per heavy atom. The van der Waals surface area contributed by atoms with Crippen LogP contribution in [0.25, 0.3) is 4.96 Å². The molecular weight excluding hydrogens is 400 g/mol. The van der Waals surface area contributed by atoms with Gasteiger partial charge in [0.15, 0.2) is 11.1 Å². The molecule has 30 heavy (non-hydrogen) atoms. The van der Waals surface area contributed by atoms with Crippen molar-refractivity contribution in [1.82, 2.24) is 14.3 Å². The summed E-state index contributed by atoms with van der Waals surface area (Å²) in [5.41, 5.74) is 2.44. The van der Waals surface area contributed by atoms with Gasteiger partial charge in [-0.1, -0.05) is 12.1 Å². The Balaban J connectivity index is 1.44. The molecule has 1 atom stereocenters. The van der Waals surface area contributed by atoms with Crippen LogP contribution in [0.3, 0.4) is 0 Å². The average molecular weight is 425 g/mol. The van der Waals surface area contributed by atoms with Gasteiger partial charge in [0.2, 0.25) is 0 Å². The van der Waals surface area contributed by atoms with E-state index in [0.717, 1.165) is 37.3 Å². The van der Waals surface area contributed by atoms with Gasteiger partial charge in [-0.05, 0) is 38.3 Å². The highest BCUT2D eigenvalue weighted by molar-refractivity contribution is 7.15. The Morgan fingerprint density at radius 3 is 2.87 bits per heavy atom. The lowest BCUT2D eigenvalue weighted by molar-refractivity contribution is -0.139. The predicted molar refractivity (Wildman–Crippen MR) is 116 cm³/mol. The molecule has 2 aliphatic rings. The van der Waals surface area contributed by atoms with E-state index < -0.39 is 6.10 Å². The van der Waals surface area contributed by atoms with Crippen LogP contribution in [0.4, 0.5) is 5.69 Å². The van der Waals surface area contributed by atoms with Gasteiger partial charge in [-0.15, -0.1) is 11.3 Å². The molecule has 0 N–H and O–H groups in total. The zero-order valence-corrected chi connectivity index (χ0v) is 17.7. The Morgan fingerprint density at radius 1 is 1.23 bits per heavy atom. The molecule has 0 spiro atoms. The summed E-state index contributed by atoms with van der Waals surface area (Å²) in [7, 11) is 0. The number of benzene rings is 1. The number of hydrogen-bond acceptors (Lipinski definition) is 6. The summed E-state index contributed by atoms with van der Waals surface area (Å²) in [6, 6.07) is 9.34. The first-order valence-corrected chi connectivity index (χ1v) is 11.2. The number of nitrogens with zero attached hydrogens (tertiary/aromatic N) is 4. The van der Waals surface area contributed by atoms with Crippen molar-refractivity contribution >= 4 is 27.9 Å². The molecule has 1 aromatic carbocycles. The van der Waals surface area contributed by atoms with Crippen LogP contribution in [0.15, 0.2) is 40.5 Å². The maximum absolute atomic E-state index is 13.1. The van der Waals surface area contributed by atoms with Crippen LogP contribution < -0.4 is 15.2 Å². The zero-order chi connectivity index (χ0) is 20.7. The normalized spacial score (nSPS) is 18.9. The summed E-state index contributed by atoms with van der Waals surface area (Å²) in [5, 5.41) is 1.94. The Kier molecular flexibility index (Phi) is 4.94. The average Bonchev–Trinajstić information content (AvgIpc) is 3.15. The number of hydrogen-bond donors (Lipinski definition) is 0. The van der Waals surface area contributed by atoms with Crippen molar-refractivity contribution in [3.8, 4) is 5.75 Å². The van der Waals surface area contributed by atoms with Gasteiger partial charge in [-0.25, -0.2) is 4.98 Å². The zero-order valence-electron chi connectivity index (χ0n) is 16.9. The molecule has 2 aromatic heterocycles. The second-order valence-corrected chi connectivity index (χ2v) is 8.76. The quantitative estimate of drug-likeness (QED) is 0.647. The van der Waals surface area contributed by atoms with Gasteiger partial charge in [0, 0.05) is 30.2 Å². The van der Waals surface area contributed by atoms with E-state index in [1.165, 1.54) is 17.8 Å². The maximum atomic E-state index is 13.1. The molecule has 0 aliphatic carbocycles. The van der Waals surface area contributed by atoms with Crippen LogP contribution in [-0.4, -0.2) is 45.9 Å². The van der Waals surface area contributed by atoms with Gasteiger partial charge in [0.1, 0.15) is 5.75 Å². The number of anilines is 1. The highest BCUT2D eigenvalue weighted by Gasteiger charge is 2.34. The molecule has 0 unspecified atom stereocenters. The Hall–Kier alpha value is -2.87. The molecule has 156 valence electrons. The largest absolute Gasteiger partial charge is 0.477 e. The summed E-state index contributed by atoms with van der Waals surface area (Å²) in [6.45, 7) is 4.39. The van der Waals surface area contributed by atoms with Crippen molar-refractivity contribution in [3.63, 3.8) is 0 Å².